The van der Waals surface area contributed by atoms with Crippen LogP contribution in [0.2, 0.25) is 0 Å². The Morgan fingerprint density at radius 3 is 2.62 bits per heavy atom. The molecular formula is C10H9BrClNO3. The number of nitro groups is 1. The zero-order valence-electron chi connectivity index (χ0n) is 8.28. The number of benzene rings is 1. The molecule has 0 unspecified atom stereocenters. The second kappa shape index (κ2) is 5.96. The van der Waals surface area contributed by atoms with Gasteiger partial charge in [0.05, 0.1) is 10.3 Å². The third-order valence-electron chi connectivity index (χ3n) is 2.08. The molecule has 1 rings (SSSR count). The molecule has 0 saturated heterocycles. The quantitative estimate of drug-likeness (QED) is 0.477. The Hall–Kier alpha value is -0.940. The summed E-state index contributed by atoms with van der Waals surface area (Å²) in [7, 11) is 0. The van der Waals surface area contributed by atoms with Gasteiger partial charge in [-0.05, 0) is 11.1 Å². The maximum atomic E-state index is 11.2. The highest BCUT2D eigenvalue weighted by molar-refractivity contribution is 9.09. The van der Waals surface area contributed by atoms with E-state index in [2.05, 4.69) is 15.9 Å². The van der Waals surface area contributed by atoms with E-state index in [0.29, 0.717) is 5.56 Å². The van der Waals surface area contributed by atoms with Gasteiger partial charge in [-0.2, -0.15) is 0 Å². The van der Waals surface area contributed by atoms with Crippen LogP contribution in [0.1, 0.15) is 11.1 Å². The third kappa shape index (κ3) is 3.28. The Labute approximate surface area is 106 Å². The fraction of sp³-hybridized carbons (Fsp3) is 0.300. The lowest BCUT2D eigenvalue weighted by molar-refractivity contribution is -0.384. The summed E-state index contributed by atoms with van der Waals surface area (Å²) in [5.41, 5.74) is 1.36. The number of halogens is 2. The van der Waals surface area contributed by atoms with Crippen LogP contribution in [-0.4, -0.2) is 16.0 Å². The predicted octanol–water partition coefficient (Wildman–Crippen LogP) is 2.84. The number of Topliss-reactive ketones (excluding diaryl/α,β-unsaturated/α-hetero) is 1. The van der Waals surface area contributed by atoms with Crippen LogP contribution >= 0.6 is 27.5 Å². The molecule has 0 N–H and O–H groups in total. The summed E-state index contributed by atoms with van der Waals surface area (Å²) in [6, 6.07) is 4.37. The Bertz CT molecular complexity index is 423. The van der Waals surface area contributed by atoms with Gasteiger partial charge in [-0.3, -0.25) is 14.9 Å². The number of ketones is 1. The van der Waals surface area contributed by atoms with Crippen LogP contribution in [0.25, 0.3) is 0 Å². The molecule has 6 heteroatoms. The molecule has 0 aliphatic heterocycles. The van der Waals surface area contributed by atoms with Gasteiger partial charge in [0.15, 0.2) is 0 Å². The first-order chi connectivity index (χ1) is 7.58. The number of hydrogen-bond donors (Lipinski definition) is 0. The number of hydrogen-bond acceptors (Lipinski definition) is 3. The van der Waals surface area contributed by atoms with Crippen molar-refractivity contribution < 1.29 is 9.72 Å². The first-order valence-electron chi connectivity index (χ1n) is 4.48. The number of nitrogens with zero attached hydrogens (tertiary/aromatic N) is 1. The zero-order chi connectivity index (χ0) is 12.1. The van der Waals surface area contributed by atoms with E-state index in [1.54, 1.807) is 6.07 Å². The number of alkyl halides is 2. The predicted molar refractivity (Wildman–Crippen MR) is 65.2 cm³/mol. The van der Waals surface area contributed by atoms with Crippen molar-refractivity contribution in [2.75, 3.05) is 5.33 Å². The minimum Gasteiger partial charge on any atom is -0.298 e. The number of carbonyl (C=O) groups excluding carboxylic acids is 1. The van der Waals surface area contributed by atoms with Crippen molar-refractivity contribution >= 4 is 39.0 Å². The lowest BCUT2D eigenvalue weighted by Crippen LogP contribution is -2.06. The van der Waals surface area contributed by atoms with E-state index >= 15 is 0 Å². The number of rotatable bonds is 5. The van der Waals surface area contributed by atoms with Crippen molar-refractivity contribution in [3.8, 4) is 0 Å². The fourth-order valence-electron chi connectivity index (χ4n) is 1.28. The lowest BCUT2D eigenvalue weighted by Gasteiger charge is -2.05. The Morgan fingerprint density at radius 1 is 1.44 bits per heavy atom. The molecule has 0 spiro atoms. The van der Waals surface area contributed by atoms with Gasteiger partial charge >= 0.3 is 0 Å². The number of nitro benzene ring substituents is 1. The van der Waals surface area contributed by atoms with E-state index < -0.39 is 4.92 Å². The topological polar surface area (TPSA) is 60.2 Å². The average molecular weight is 307 g/mol. The van der Waals surface area contributed by atoms with Crippen LogP contribution in [-0.2, 0) is 17.1 Å². The molecule has 16 heavy (non-hydrogen) atoms. The summed E-state index contributed by atoms with van der Waals surface area (Å²) in [4.78, 5) is 21.3. The van der Waals surface area contributed by atoms with Gasteiger partial charge < -0.3 is 0 Å². The van der Waals surface area contributed by atoms with Crippen LogP contribution in [0.3, 0.4) is 0 Å². The first-order valence-corrected chi connectivity index (χ1v) is 6.14. The van der Waals surface area contributed by atoms with Gasteiger partial charge in [0.25, 0.3) is 5.69 Å². The van der Waals surface area contributed by atoms with E-state index in [1.807, 2.05) is 0 Å². The molecule has 4 nitrogen and oxygen atoms in total. The van der Waals surface area contributed by atoms with Crippen molar-refractivity contribution in [1.82, 2.24) is 0 Å². The van der Waals surface area contributed by atoms with E-state index in [-0.39, 0.29) is 29.1 Å². The molecule has 0 aliphatic rings. The lowest BCUT2D eigenvalue weighted by atomic mass is 10.0. The van der Waals surface area contributed by atoms with Crippen molar-refractivity contribution in [1.29, 1.82) is 0 Å². The monoisotopic (exact) mass is 305 g/mol. The molecule has 0 bridgehead atoms. The largest absolute Gasteiger partial charge is 0.298 e. The van der Waals surface area contributed by atoms with Gasteiger partial charge in [-0.15, -0.1) is 11.6 Å². The van der Waals surface area contributed by atoms with Gasteiger partial charge in [-0.25, -0.2) is 0 Å². The molecule has 1 aromatic rings. The van der Waals surface area contributed by atoms with Crippen LogP contribution in [0, 0.1) is 10.1 Å². The Morgan fingerprint density at radius 2 is 2.12 bits per heavy atom. The highest BCUT2D eigenvalue weighted by Gasteiger charge is 2.12. The fourth-order valence-corrected chi connectivity index (χ4v) is 1.73. The molecule has 0 saturated carbocycles. The smallest absolute Gasteiger partial charge is 0.269 e. The maximum absolute atomic E-state index is 11.2. The minimum atomic E-state index is -0.480. The summed E-state index contributed by atoms with van der Waals surface area (Å²) in [5.74, 6) is 0.173. The van der Waals surface area contributed by atoms with Crippen molar-refractivity contribution in [3.05, 3.63) is 39.4 Å². The molecule has 0 aromatic heterocycles. The van der Waals surface area contributed by atoms with E-state index in [1.165, 1.54) is 12.1 Å². The minimum absolute atomic E-state index is 0.00862. The normalized spacial score (nSPS) is 10.1. The SMILES string of the molecule is O=C(CBr)Cc1ccc([N+](=O)[O-])cc1CCl. The number of non-ortho nitro benzene ring substituents is 1. The molecule has 0 fully saturated rings. The Kier molecular flexibility index (Phi) is 4.89. The van der Waals surface area contributed by atoms with Gasteiger partial charge in [-0.1, -0.05) is 22.0 Å². The van der Waals surface area contributed by atoms with Gasteiger partial charge in [0, 0.05) is 24.4 Å². The van der Waals surface area contributed by atoms with Crippen molar-refractivity contribution in [2.45, 2.75) is 12.3 Å². The summed E-state index contributed by atoms with van der Waals surface area (Å²) < 4.78 is 0. The molecule has 0 amide bonds. The molecular weight excluding hydrogens is 297 g/mol. The Balaban J connectivity index is 3.02. The molecule has 86 valence electrons. The summed E-state index contributed by atoms with van der Waals surface area (Å²) >= 11 is 8.76. The molecule has 0 heterocycles. The van der Waals surface area contributed by atoms with Crippen LogP contribution in [0.4, 0.5) is 5.69 Å². The number of carbonyl (C=O) groups is 1. The highest BCUT2D eigenvalue weighted by atomic mass is 79.9. The van der Waals surface area contributed by atoms with Crippen molar-refractivity contribution in [3.63, 3.8) is 0 Å². The van der Waals surface area contributed by atoms with Crippen LogP contribution in [0.5, 0.6) is 0 Å². The van der Waals surface area contributed by atoms with Crippen LogP contribution < -0.4 is 0 Å². The maximum Gasteiger partial charge on any atom is 0.269 e. The summed E-state index contributed by atoms with van der Waals surface area (Å²) in [6.45, 7) is 0. The van der Waals surface area contributed by atoms with Crippen molar-refractivity contribution in [2.24, 2.45) is 0 Å². The second-order valence-corrected chi connectivity index (χ2v) is 4.02. The molecule has 1 aromatic carbocycles. The second-order valence-electron chi connectivity index (χ2n) is 3.19. The summed E-state index contributed by atoms with van der Waals surface area (Å²) in [5, 5.41) is 10.8. The van der Waals surface area contributed by atoms with Gasteiger partial charge in [0.1, 0.15) is 5.78 Å². The van der Waals surface area contributed by atoms with E-state index in [4.69, 9.17) is 11.6 Å². The highest BCUT2D eigenvalue weighted by Crippen LogP contribution is 2.20. The summed E-state index contributed by atoms with van der Waals surface area (Å²) in [6.07, 6.45) is 0.241. The molecule has 0 aliphatic carbocycles. The standard InChI is InChI=1S/C10H9BrClNO3/c11-5-10(14)4-7-1-2-9(13(15)16)3-8(7)6-12/h1-3H,4-6H2. The third-order valence-corrected chi connectivity index (χ3v) is 2.99. The van der Waals surface area contributed by atoms with E-state index in [0.717, 1.165) is 5.56 Å². The zero-order valence-corrected chi connectivity index (χ0v) is 10.6. The molecule has 0 radical (unpaired) electrons. The average Bonchev–Trinajstić information content (AvgIpc) is 2.29. The van der Waals surface area contributed by atoms with E-state index in [9.17, 15) is 14.9 Å². The van der Waals surface area contributed by atoms with Gasteiger partial charge in [0.2, 0.25) is 0 Å². The first kappa shape index (κ1) is 13.1. The van der Waals surface area contributed by atoms with Crippen LogP contribution in [0.15, 0.2) is 18.2 Å². The molecule has 0 atom stereocenters.